The lowest BCUT2D eigenvalue weighted by molar-refractivity contribution is 0.332. The number of benzene rings is 1. The van der Waals surface area contributed by atoms with Crippen LogP contribution in [0.5, 0.6) is 0 Å². The zero-order chi connectivity index (χ0) is 19.6. The minimum atomic E-state index is -2.00. The topological polar surface area (TPSA) is 9.23 Å². The van der Waals surface area contributed by atoms with E-state index in [4.69, 9.17) is 4.43 Å². The van der Waals surface area contributed by atoms with E-state index in [0.717, 1.165) is 11.8 Å². The van der Waals surface area contributed by atoms with E-state index < -0.39 is 25.8 Å². The quantitative estimate of drug-likeness (QED) is 0.365. The van der Waals surface area contributed by atoms with Gasteiger partial charge in [-0.15, -0.1) is 0 Å². The number of allylic oxidation sites excluding steroid dienone is 2. The monoisotopic (exact) mass is 384 g/mol. The summed E-state index contributed by atoms with van der Waals surface area (Å²) in [5, 5.41) is 0. The average Bonchev–Trinajstić information content (AvgIpc) is 2.55. The maximum Gasteiger partial charge on any atom is 0.258 e. The van der Waals surface area contributed by atoms with Gasteiger partial charge in [-0.25, -0.2) is 13.2 Å². The molecular weight excluding hydrogens is 353 g/mol. The third-order valence-electron chi connectivity index (χ3n) is 5.86. The Morgan fingerprint density at radius 1 is 0.885 bits per heavy atom. The molecule has 0 spiro atoms. The summed E-state index contributed by atoms with van der Waals surface area (Å²) in [6.07, 6.45) is 4.02. The van der Waals surface area contributed by atoms with Gasteiger partial charge in [-0.3, -0.25) is 0 Å². The van der Waals surface area contributed by atoms with E-state index in [1.165, 1.54) is 0 Å². The molecule has 0 radical (unpaired) electrons. The molecule has 1 aromatic carbocycles. The first-order chi connectivity index (χ1) is 12.1. The molecule has 0 aliphatic heterocycles. The van der Waals surface area contributed by atoms with Gasteiger partial charge in [0.2, 0.25) is 0 Å². The molecule has 1 atom stereocenters. The van der Waals surface area contributed by atoms with E-state index in [1.54, 1.807) is 0 Å². The van der Waals surface area contributed by atoms with Crippen LogP contribution in [-0.2, 0) is 4.43 Å². The average molecular weight is 385 g/mol. The van der Waals surface area contributed by atoms with Crippen molar-refractivity contribution in [3.63, 3.8) is 0 Å². The number of hydrogen-bond acceptors (Lipinski definition) is 1. The Morgan fingerprint density at radius 3 is 1.88 bits per heavy atom. The van der Waals surface area contributed by atoms with E-state index in [1.807, 2.05) is 6.08 Å². The molecule has 0 heterocycles. The van der Waals surface area contributed by atoms with Gasteiger partial charge in [0.25, 0.3) is 8.32 Å². The molecule has 1 unspecified atom stereocenters. The van der Waals surface area contributed by atoms with E-state index in [9.17, 15) is 13.2 Å². The maximum atomic E-state index is 14.0. The molecule has 1 aliphatic carbocycles. The van der Waals surface area contributed by atoms with Gasteiger partial charge >= 0.3 is 0 Å². The molecule has 0 aromatic heterocycles. The molecule has 1 aromatic rings. The third kappa shape index (κ3) is 4.03. The van der Waals surface area contributed by atoms with E-state index in [2.05, 4.69) is 41.5 Å². The molecule has 2 rings (SSSR count). The predicted octanol–water partition coefficient (Wildman–Crippen LogP) is 7.45. The van der Waals surface area contributed by atoms with Crippen molar-refractivity contribution in [1.82, 2.24) is 0 Å². The Bertz CT molecular complexity index is 646. The van der Waals surface area contributed by atoms with Crippen molar-refractivity contribution in [1.29, 1.82) is 0 Å². The van der Waals surface area contributed by atoms with Crippen LogP contribution in [0.1, 0.15) is 72.3 Å². The largest absolute Gasteiger partial charge is 0.546 e. The normalized spacial score (nSPS) is 18.6. The molecule has 0 saturated heterocycles. The van der Waals surface area contributed by atoms with Gasteiger partial charge < -0.3 is 4.43 Å². The molecule has 146 valence electrons. The summed E-state index contributed by atoms with van der Waals surface area (Å²) in [4.78, 5) is 0. The summed E-state index contributed by atoms with van der Waals surface area (Å²) in [5.74, 6) is -1.93. The second kappa shape index (κ2) is 8.20. The van der Waals surface area contributed by atoms with Crippen molar-refractivity contribution in [3.8, 4) is 0 Å². The van der Waals surface area contributed by atoms with Gasteiger partial charge in [-0.05, 0) is 53.1 Å². The Labute approximate surface area is 156 Å². The highest BCUT2D eigenvalue weighted by Gasteiger charge is 2.47. The summed E-state index contributed by atoms with van der Waals surface area (Å²) in [6.45, 7) is 13.5. The second-order valence-electron chi connectivity index (χ2n) is 8.35. The molecule has 5 heteroatoms. The Balaban J connectivity index is 2.20. The molecule has 26 heavy (non-hydrogen) atoms. The molecule has 1 nitrogen and oxygen atoms in total. The summed E-state index contributed by atoms with van der Waals surface area (Å²) < 4.78 is 47.4. The first-order valence-corrected chi connectivity index (χ1v) is 11.8. The zero-order valence-electron chi connectivity index (χ0n) is 16.7. The van der Waals surface area contributed by atoms with Crippen LogP contribution in [0, 0.1) is 17.5 Å². The summed E-state index contributed by atoms with van der Waals surface area (Å²) >= 11 is 0. The van der Waals surface area contributed by atoms with Crippen molar-refractivity contribution in [2.24, 2.45) is 0 Å². The van der Waals surface area contributed by atoms with Crippen LogP contribution in [0.4, 0.5) is 13.2 Å². The maximum absolute atomic E-state index is 14.0. The lowest BCUT2D eigenvalue weighted by atomic mass is 9.86. The number of halogens is 3. The lowest BCUT2D eigenvalue weighted by Crippen LogP contribution is -2.47. The van der Waals surface area contributed by atoms with Crippen molar-refractivity contribution < 1.29 is 17.6 Å². The molecule has 0 amide bonds. The van der Waals surface area contributed by atoms with Gasteiger partial charge in [-0.2, -0.15) is 0 Å². The molecule has 0 fully saturated rings. The van der Waals surface area contributed by atoms with Crippen molar-refractivity contribution >= 4 is 8.32 Å². The van der Waals surface area contributed by atoms with Gasteiger partial charge in [-0.1, -0.05) is 41.5 Å². The second-order valence-corrected chi connectivity index (χ2v) is 13.7. The van der Waals surface area contributed by atoms with E-state index in [-0.39, 0.29) is 11.5 Å². The summed E-state index contributed by atoms with van der Waals surface area (Å²) in [7, 11) is -2.00. The van der Waals surface area contributed by atoms with Crippen molar-refractivity contribution in [3.05, 3.63) is 47.0 Å². The Morgan fingerprint density at radius 2 is 1.42 bits per heavy atom. The van der Waals surface area contributed by atoms with Crippen LogP contribution < -0.4 is 0 Å². The van der Waals surface area contributed by atoms with E-state index in [0.29, 0.717) is 42.0 Å². The standard InChI is InChI=1S/C21H31F3OSi/c1-13(2)26(14(3)4,15(5)6)25-17-9-7-16(8-10-17)18-11-20(23)21(24)12-19(18)22/h9,11-16H,7-8,10H2,1-6H3. The molecular formula is C21H31F3OSi. The van der Waals surface area contributed by atoms with Crippen LogP contribution in [0.25, 0.3) is 0 Å². The zero-order valence-corrected chi connectivity index (χ0v) is 17.7. The third-order valence-corrected chi connectivity index (χ3v) is 11.9. The molecule has 0 bridgehead atoms. The number of hydrogen-bond donors (Lipinski definition) is 0. The number of rotatable bonds is 6. The van der Waals surface area contributed by atoms with Crippen LogP contribution >= 0.6 is 0 Å². The minimum absolute atomic E-state index is 0.134. The van der Waals surface area contributed by atoms with Crippen molar-refractivity contribution in [2.75, 3.05) is 0 Å². The first kappa shape index (κ1) is 21.1. The van der Waals surface area contributed by atoms with Gasteiger partial charge in [0.05, 0.1) is 5.76 Å². The van der Waals surface area contributed by atoms with Crippen LogP contribution in [0.2, 0.25) is 16.6 Å². The van der Waals surface area contributed by atoms with Crippen LogP contribution in [-0.4, -0.2) is 8.32 Å². The van der Waals surface area contributed by atoms with Gasteiger partial charge in [0.1, 0.15) is 5.82 Å². The van der Waals surface area contributed by atoms with Gasteiger partial charge in [0, 0.05) is 12.5 Å². The van der Waals surface area contributed by atoms with E-state index >= 15 is 0 Å². The highest BCUT2D eigenvalue weighted by atomic mass is 28.4. The first-order valence-electron chi connectivity index (χ1n) is 9.62. The van der Waals surface area contributed by atoms with Gasteiger partial charge in [0.15, 0.2) is 11.6 Å². The Kier molecular flexibility index (Phi) is 6.64. The van der Waals surface area contributed by atoms with Crippen molar-refractivity contribution in [2.45, 2.75) is 83.3 Å². The Hall–Kier alpha value is -1.23. The fourth-order valence-electron chi connectivity index (χ4n) is 4.62. The fourth-order valence-corrected chi connectivity index (χ4v) is 9.96. The fraction of sp³-hybridized carbons (Fsp3) is 0.619. The highest BCUT2D eigenvalue weighted by molar-refractivity contribution is 6.77. The SMILES string of the molecule is CC(C)[Si](OC1=CCC(c2cc(F)c(F)cc2F)CC1)(C(C)C)C(C)C. The molecule has 1 aliphatic rings. The molecule has 0 N–H and O–H groups in total. The lowest BCUT2D eigenvalue weighted by Gasteiger charge is -2.43. The van der Waals surface area contributed by atoms with Crippen LogP contribution in [0.15, 0.2) is 24.0 Å². The highest BCUT2D eigenvalue weighted by Crippen LogP contribution is 2.45. The predicted molar refractivity (Wildman–Crippen MR) is 103 cm³/mol. The smallest absolute Gasteiger partial charge is 0.258 e. The summed E-state index contributed by atoms with van der Waals surface area (Å²) in [5.41, 5.74) is 1.73. The van der Waals surface area contributed by atoms with Crippen LogP contribution in [0.3, 0.4) is 0 Å². The molecule has 0 saturated carbocycles. The summed E-state index contributed by atoms with van der Waals surface area (Å²) in [6, 6.07) is 1.65. The minimum Gasteiger partial charge on any atom is -0.546 e.